The average Bonchev–Trinajstić information content (AvgIpc) is 2.32. The Kier molecular flexibility index (Phi) is 2.44. The first-order valence-corrected chi connectivity index (χ1v) is 3.96. The smallest absolute Gasteiger partial charge is 0.0932 e. The summed E-state index contributed by atoms with van der Waals surface area (Å²) in [5.41, 5.74) is 0.387. The molecule has 0 saturated carbocycles. The molecule has 1 aliphatic heterocycles. The van der Waals surface area contributed by atoms with E-state index in [1.54, 1.807) is 0 Å². The van der Waals surface area contributed by atoms with Gasteiger partial charge in [0.25, 0.3) is 0 Å². The van der Waals surface area contributed by atoms with Crippen molar-refractivity contribution in [2.75, 3.05) is 6.54 Å². The standard InChI is InChI=1S/C10H12N2/c1-10(2,8-11)9-6-4-3-5-7-12-9/h3-6H,7H2,1-2H3. The van der Waals surface area contributed by atoms with Crippen LogP contribution in [0, 0.1) is 16.7 Å². The predicted octanol–water partition coefficient (Wildman–Crippen LogP) is 2.10. The number of allylic oxidation sites excluding steroid dienone is 3. The molecule has 0 unspecified atom stereocenters. The first kappa shape index (κ1) is 8.73. The highest BCUT2D eigenvalue weighted by atomic mass is 14.7. The van der Waals surface area contributed by atoms with Crippen molar-refractivity contribution in [3.05, 3.63) is 24.3 Å². The molecular formula is C10H12N2. The van der Waals surface area contributed by atoms with Crippen LogP contribution < -0.4 is 0 Å². The van der Waals surface area contributed by atoms with Crippen molar-refractivity contribution in [1.82, 2.24) is 0 Å². The largest absolute Gasteiger partial charge is 0.284 e. The lowest BCUT2D eigenvalue weighted by atomic mass is 9.89. The van der Waals surface area contributed by atoms with Crippen molar-refractivity contribution in [2.24, 2.45) is 10.4 Å². The van der Waals surface area contributed by atoms with Crippen LogP contribution in [0.4, 0.5) is 0 Å². The maximum atomic E-state index is 8.85. The summed E-state index contributed by atoms with van der Waals surface area (Å²) in [7, 11) is 0. The molecule has 0 aromatic carbocycles. The second-order valence-electron chi connectivity index (χ2n) is 3.25. The van der Waals surface area contributed by atoms with Gasteiger partial charge >= 0.3 is 0 Å². The van der Waals surface area contributed by atoms with Gasteiger partial charge in [0.05, 0.1) is 23.7 Å². The molecule has 0 saturated heterocycles. The van der Waals surface area contributed by atoms with Gasteiger partial charge in [-0.25, -0.2) is 0 Å². The zero-order valence-corrected chi connectivity index (χ0v) is 7.41. The SMILES string of the molecule is CC(C)(C#N)C1=NCC=CC=C1. The Balaban J connectivity index is 2.91. The van der Waals surface area contributed by atoms with Crippen molar-refractivity contribution in [1.29, 1.82) is 5.26 Å². The molecule has 0 bridgehead atoms. The van der Waals surface area contributed by atoms with E-state index in [2.05, 4.69) is 11.1 Å². The number of hydrogen-bond acceptors (Lipinski definition) is 2. The third-order valence-electron chi connectivity index (χ3n) is 1.79. The second kappa shape index (κ2) is 3.36. The summed E-state index contributed by atoms with van der Waals surface area (Å²) < 4.78 is 0. The van der Waals surface area contributed by atoms with Crippen molar-refractivity contribution in [3.63, 3.8) is 0 Å². The molecule has 0 atom stereocenters. The van der Waals surface area contributed by atoms with Gasteiger partial charge in [-0.1, -0.05) is 18.2 Å². The molecule has 0 aromatic heterocycles. The Bertz CT molecular complexity index is 287. The first-order chi connectivity index (χ1) is 5.67. The summed E-state index contributed by atoms with van der Waals surface area (Å²) in [5, 5.41) is 8.85. The summed E-state index contributed by atoms with van der Waals surface area (Å²) in [6, 6.07) is 2.23. The van der Waals surface area contributed by atoms with E-state index < -0.39 is 5.41 Å². The van der Waals surface area contributed by atoms with Gasteiger partial charge in [0.2, 0.25) is 0 Å². The molecule has 62 valence electrons. The molecule has 0 spiro atoms. The topological polar surface area (TPSA) is 36.1 Å². The van der Waals surface area contributed by atoms with Crippen molar-refractivity contribution in [3.8, 4) is 6.07 Å². The van der Waals surface area contributed by atoms with Gasteiger partial charge in [-0.2, -0.15) is 5.26 Å². The third-order valence-corrected chi connectivity index (χ3v) is 1.79. The normalized spacial score (nSPS) is 16.6. The first-order valence-electron chi connectivity index (χ1n) is 3.96. The predicted molar refractivity (Wildman–Crippen MR) is 50.0 cm³/mol. The lowest BCUT2D eigenvalue weighted by Crippen LogP contribution is -2.20. The van der Waals surface area contributed by atoms with Gasteiger partial charge in [0, 0.05) is 0 Å². The number of nitriles is 1. The van der Waals surface area contributed by atoms with Crippen LogP contribution in [0.3, 0.4) is 0 Å². The van der Waals surface area contributed by atoms with Gasteiger partial charge in [-0.05, 0) is 19.9 Å². The van der Waals surface area contributed by atoms with Gasteiger partial charge in [-0.15, -0.1) is 0 Å². The molecule has 1 aliphatic rings. The summed E-state index contributed by atoms with van der Waals surface area (Å²) in [6.07, 6.45) is 7.73. The van der Waals surface area contributed by atoms with Crippen LogP contribution in [-0.4, -0.2) is 12.3 Å². The fraction of sp³-hybridized carbons (Fsp3) is 0.400. The van der Waals surface area contributed by atoms with Crippen LogP contribution in [0.1, 0.15) is 13.8 Å². The molecule has 0 aliphatic carbocycles. The summed E-state index contributed by atoms with van der Waals surface area (Å²) in [4.78, 5) is 4.29. The third kappa shape index (κ3) is 1.82. The monoisotopic (exact) mass is 160 g/mol. The molecule has 0 N–H and O–H groups in total. The van der Waals surface area contributed by atoms with Crippen LogP contribution in [0.25, 0.3) is 0 Å². The van der Waals surface area contributed by atoms with E-state index in [0.29, 0.717) is 6.54 Å². The fourth-order valence-corrected chi connectivity index (χ4v) is 0.953. The van der Waals surface area contributed by atoms with Gasteiger partial charge < -0.3 is 0 Å². The molecule has 0 fully saturated rings. The summed E-state index contributed by atoms with van der Waals surface area (Å²) in [5.74, 6) is 0. The van der Waals surface area contributed by atoms with E-state index in [0.717, 1.165) is 5.71 Å². The van der Waals surface area contributed by atoms with E-state index in [1.807, 2.05) is 38.2 Å². The minimum absolute atomic E-state index is 0.470. The number of nitrogens with zero attached hydrogens (tertiary/aromatic N) is 2. The Morgan fingerprint density at radius 1 is 1.50 bits per heavy atom. The molecule has 0 radical (unpaired) electrons. The van der Waals surface area contributed by atoms with Gasteiger partial charge in [-0.3, -0.25) is 4.99 Å². The average molecular weight is 160 g/mol. The molecule has 12 heavy (non-hydrogen) atoms. The summed E-state index contributed by atoms with van der Waals surface area (Å²) >= 11 is 0. The van der Waals surface area contributed by atoms with Gasteiger partial charge in [0.15, 0.2) is 0 Å². The van der Waals surface area contributed by atoms with Crippen molar-refractivity contribution in [2.45, 2.75) is 13.8 Å². The Morgan fingerprint density at radius 3 is 2.92 bits per heavy atom. The highest BCUT2D eigenvalue weighted by Crippen LogP contribution is 2.17. The molecule has 2 heteroatoms. The van der Waals surface area contributed by atoms with E-state index in [4.69, 9.17) is 5.26 Å². The maximum Gasteiger partial charge on any atom is 0.0932 e. The lowest BCUT2D eigenvalue weighted by Gasteiger charge is -2.14. The highest BCUT2D eigenvalue weighted by molar-refractivity contribution is 6.01. The lowest BCUT2D eigenvalue weighted by molar-refractivity contribution is 0.695. The van der Waals surface area contributed by atoms with Gasteiger partial charge in [0.1, 0.15) is 0 Å². The van der Waals surface area contributed by atoms with Crippen LogP contribution in [0.5, 0.6) is 0 Å². The van der Waals surface area contributed by atoms with Crippen LogP contribution in [-0.2, 0) is 0 Å². The maximum absolute atomic E-state index is 8.85. The van der Waals surface area contributed by atoms with Crippen LogP contribution in [0.2, 0.25) is 0 Å². The summed E-state index contributed by atoms with van der Waals surface area (Å²) in [6.45, 7) is 4.43. The fourth-order valence-electron chi connectivity index (χ4n) is 0.953. The Hall–Kier alpha value is -1.36. The molecule has 2 nitrogen and oxygen atoms in total. The number of hydrogen-bond donors (Lipinski definition) is 0. The second-order valence-corrected chi connectivity index (χ2v) is 3.25. The molecule has 0 amide bonds. The van der Waals surface area contributed by atoms with E-state index in [-0.39, 0.29) is 0 Å². The highest BCUT2D eigenvalue weighted by Gasteiger charge is 2.22. The zero-order valence-electron chi connectivity index (χ0n) is 7.41. The van der Waals surface area contributed by atoms with E-state index in [9.17, 15) is 0 Å². The molecule has 1 rings (SSSR count). The molecular weight excluding hydrogens is 148 g/mol. The quantitative estimate of drug-likeness (QED) is 0.578. The number of rotatable bonds is 1. The van der Waals surface area contributed by atoms with E-state index >= 15 is 0 Å². The van der Waals surface area contributed by atoms with Crippen molar-refractivity contribution >= 4 is 5.71 Å². The van der Waals surface area contributed by atoms with E-state index in [1.165, 1.54) is 0 Å². The molecule has 0 aromatic rings. The number of aliphatic imine (C=N–C) groups is 1. The van der Waals surface area contributed by atoms with Crippen LogP contribution in [0.15, 0.2) is 29.3 Å². The zero-order chi connectivity index (χ0) is 9.03. The Labute approximate surface area is 72.9 Å². The minimum Gasteiger partial charge on any atom is -0.284 e. The Morgan fingerprint density at radius 2 is 2.25 bits per heavy atom. The molecule has 1 heterocycles. The van der Waals surface area contributed by atoms with Crippen molar-refractivity contribution < 1.29 is 0 Å². The minimum atomic E-state index is -0.470. The van der Waals surface area contributed by atoms with Crippen LogP contribution >= 0.6 is 0 Å².